The molecule has 0 fully saturated rings. The van der Waals surface area contributed by atoms with Crippen LogP contribution in [0.25, 0.3) is 5.69 Å². The summed E-state index contributed by atoms with van der Waals surface area (Å²) < 4.78 is 3.10. The molecular weight excluding hydrogens is 314 g/mol. The Morgan fingerprint density at radius 3 is 2.65 bits per heavy atom. The second kappa shape index (κ2) is 6.10. The largest absolute Gasteiger partial charge is 0.308 e. The molecule has 1 N–H and O–H groups in total. The summed E-state index contributed by atoms with van der Waals surface area (Å²) in [4.78, 5) is 0. The minimum atomic E-state index is 0.114. The molecule has 0 spiro atoms. The average molecular weight is 336 g/mol. The standard InChI is InChI=1S/C16H22BrN3/c1-5-15-12(10-18-16(2,3)4)11-19-20(15)14-8-6-7-13(17)9-14/h6-9,11,18H,5,10H2,1-4H3. The van der Waals surface area contributed by atoms with Gasteiger partial charge in [0.05, 0.1) is 11.9 Å². The van der Waals surface area contributed by atoms with Crippen LogP contribution >= 0.6 is 15.9 Å². The van der Waals surface area contributed by atoms with Crippen LogP contribution in [-0.2, 0) is 13.0 Å². The molecule has 2 aromatic rings. The molecule has 1 aromatic carbocycles. The first-order valence-corrected chi connectivity index (χ1v) is 7.77. The molecule has 1 heterocycles. The van der Waals surface area contributed by atoms with Crippen LogP contribution in [0.4, 0.5) is 0 Å². The van der Waals surface area contributed by atoms with Crippen molar-refractivity contribution in [2.24, 2.45) is 0 Å². The third kappa shape index (κ3) is 3.70. The van der Waals surface area contributed by atoms with E-state index < -0.39 is 0 Å². The van der Waals surface area contributed by atoms with Crippen molar-refractivity contribution in [1.82, 2.24) is 15.1 Å². The van der Waals surface area contributed by atoms with E-state index in [4.69, 9.17) is 0 Å². The highest BCUT2D eigenvalue weighted by molar-refractivity contribution is 9.10. The number of nitrogens with one attached hydrogen (secondary N) is 1. The van der Waals surface area contributed by atoms with Crippen LogP contribution < -0.4 is 5.32 Å². The lowest BCUT2D eigenvalue weighted by molar-refractivity contribution is 0.423. The van der Waals surface area contributed by atoms with Crippen molar-refractivity contribution in [3.05, 3.63) is 46.2 Å². The van der Waals surface area contributed by atoms with Gasteiger partial charge < -0.3 is 5.32 Å². The quantitative estimate of drug-likeness (QED) is 0.912. The number of rotatable bonds is 4. The zero-order valence-electron chi connectivity index (χ0n) is 12.6. The molecule has 4 heteroatoms. The van der Waals surface area contributed by atoms with Gasteiger partial charge in [-0.05, 0) is 45.4 Å². The van der Waals surface area contributed by atoms with Crippen molar-refractivity contribution in [1.29, 1.82) is 0 Å². The fourth-order valence-electron chi connectivity index (χ4n) is 2.12. The third-order valence-corrected chi connectivity index (χ3v) is 3.65. The second-order valence-corrected chi connectivity index (χ2v) is 6.88. The molecule has 0 aliphatic carbocycles. The molecule has 0 radical (unpaired) electrons. The minimum absolute atomic E-state index is 0.114. The first kappa shape index (κ1) is 15.3. The topological polar surface area (TPSA) is 29.9 Å². The van der Waals surface area contributed by atoms with Gasteiger partial charge in [0, 0.05) is 27.8 Å². The van der Waals surface area contributed by atoms with Crippen molar-refractivity contribution in [2.45, 2.75) is 46.2 Å². The van der Waals surface area contributed by atoms with Crippen LogP contribution in [0, 0.1) is 0 Å². The Kier molecular flexibility index (Phi) is 4.66. The van der Waals surface area contributed by atoms with Crippen molar-refractivity contribution < 1.29 is 0 Å². The second-order valence-electron chi connectivity index (χ2n) is 5.97. The van der Waals surface area contributed by atoms with Crippen LogP contribution in [0.15, 0.2) is 34.9 Å². The molecule has 20 heavy (non-hydrogen) atoms. The minimum Gasteiger partial charge on any atom is -0.308 e. The summed E-state index contributed by atoms with van der Waals surface area (Å²) in [5, 5.41) is 8.08. The Labute approximate surface area is 129 Å². The van der Waals surface area contributed by atoms with Gasteiger partial charge in [0.1, 0.15) is 0 Å². The zero-order valence-corrected chi connectivity index (χ0v) is 14.2. The Hall–Kier alpha value is -1.13. The van der Waals surface area contributed by atoms with E-state index >= 15 is 0 Å². The molecule has 0 aliphatic rings. The van der Waals surface area contributed by atoms with Crippen molar-refractivity contribution >= 4 is 15.9 Å². The summed E-state index contributed by atoms with van der Waals surface area (Å²) in [5.41, 5.74) is 3.74. The van der Waals surface area contributed by atoms with E-state index in [-0.39, 0.29) is 5.54 Å². The molecule has 0 unspecified atom stereocenters. The summed E-state index contributed by atoms with van der Waals surface area (Å²) in [5.74, 6) is 0. The van der Waals surface area contributed by atoms with Gasteiger partial charge in [-0.15, -0.1) is 0 Å². The maximum absolute atomic E-state index is 4.55. The predicted octanol–water partition coefficient (Wildman–Crippen LogP) is 4.09. The van der Waals surface area contributed by atoms with Gasteiger partial charge >= 0.3 is 0 Å². The van der Waals surface area contributed by atoms with Gasteiger partial charge in [0.15, 0.2) is 0 Å². The van der Waals surface area contributed by atoms with E-state index in [1.807, 2.05) is 23.0 Å². The lowest BCUT2D eigenvalue weighted by Crippen LogP contribution is -2.35. The smallest absolute Gasteiger partial charge is 0.0660 e. The van der Waals surface area contributed by atoms with E-state index in [1.54, 1.807) is 0 Å². The number of aromatic nitrogens is 2. The first-order chi connectivity index (χ1) is 9.40. The van der Waals surface area contributed by atoms with Gasteiger partial charge in [-0.1, -0.05) is 28.9 Å². The molecule has 0 amide bonds. The highest BCUT2D eigenvalue weighted by Crippen LogP contribution is 2.19. The molecule has 3 nitrogen and oxygen atoms in total. The lowest BCUT2D eigenvalue weighted by atomic mass is 10.1. The summed E-state index contributed by atoms with van der Waals surface area (Å²) in [6, 6.07) is 8.24. The number of hydrogen-bond acceptors (Lipinski definition) is 2. The van der Waals surface area contributed by atoms with Gasteiger partial charge in [-0.2, -0.15) is 5.10 Å². The number of halogens is 1. The van der Waals surface area contributed by atoms with Gasteiger partial charge in [0.25, 0.3) is 0 Å². The van der Waals surface area contributed by atoms with Gasteiger partial charge in [0.2, 0.25) is 0 Å². The summed E-state index contributed by atoms with van der Waals surface area (Å²) in [7, 11) is 0. The van der Waals surface area contributed by atoms with Crippen LogP contribution in [-0.4, -0.2) is 15.3 Å². The molecule has 0 saturated heterocycles. The fourth-order valence-corrected chi connectivity index (χ4v) is 2.51. The molecule has 1 aromatic heterocycles. The Morgan fingerprint density at radius 1 is 1.30 bits per heavy atom. The fraction of sp³-hybridized carbons (Fsp3) is 0.438. The molecular formula is C16H22BrN3. The first-order valence-electron chi connectivity index (χ1n) is 6.97. The van der Waals surface area contributed by atoms with Crippen LogP contribution in [0.1, 0.15) is 39.0 Å². The molecule has 0 saturated carbocycles. The van der Waals surface area contributed by atoms with Crippen molar-refractivity contribution in [3.8, 4) is 5.69 Å². The van der Waals surface area contributed by atoms with Crippen molar-refractivity contribution in [3.63, 3.8) is 0 Å². The van der Waals surface area contributed by atoms with E-state index in [0.29, 0.717) is 0 Å². The number of hydrogen-bond donors (Lipinski definition) is 1. The van der Waals surface area contributed by atoms with Gasteiger partial charge in [-0.25, -0.2) is 4.68 Å². The Morgan fingerprint density at radius 2 is 2.05 bits per heavy atom. The Bertz CT molecular complexity index is 582. The number of benzene rings is 1. The summed E-state index contributed by atoms with van der Waals surface area (Å²) >= 11 is 3.52. The van der Waals surface area contributed by atoms with Crippen LogP contribution in [0.5, 0.6) is 0 Å². The van der Waals surface area contributed by atoms with E-state index in [1.165, 1.54) is 11.3 Å². The van der Waals surface area contributed by atoms with E-state index in [9.17, 15) is 0 Å². The van der Waals surface area contributed by atoms with Crippen LogP contribution in [0.2, 0.25) is 0 Å². The summed E-state index contributed by atoms with van der Waals surface area (Å²) in [6.45, 7) is 9.55. The number of nitrogens with zero attached hydrogens (tertiary/aromatic N) is 2. The normalized spacial score (nSPS) is 11.8. The predicted molar refractivity (Wildman–Crippen MR) is 87.2 cm³/mol. The molecule has 0 atom stereocenters. The molecule has 0 aliphatic heterocycles. The zero-order chi connectivity index (χ0) is 14.8. The maximum Gasteiger partial charge on any atom is 0.0660 e. The van der Waals surface area contributed by atoms with Crippen LogP contribution in [0.3, 0.4) is 0 Å². The highest BCUT2D eigenvalue weighted by atomic mass is 79.9. The van der Waals surface area contributed by atoms with E-state index in [2.05, 4.69) is 66.2 Å². The molecule has 108 valence electrons. The molecule has 2 rings (SSSR count). The average Bonchev–Trinajstić information content (AvgIpc) is 2.78. The third-order valence-electron chi connectivity index (χ3n) is 3.15. The SMILES string of the molecule is CCc1c(CNC(C)(C)C)cnn1-c1cccc(Br)c1. The lowest BCUT2D eigenvalue weighted by Gasteiger charge is -2.20. The van der Waals surface area contributed by atoms with E-state index in [0.717, 1.165) is 23.1 Å². The van der Waals surface area contributed by atoms with Gasteiger partial charge in [-0.3, -0.25) is 0 Å². The van der Waals surface area contributed by atoms with Crippen molar-refractivity contribution in [2.75, 3.05) is 0 Å². The maximum atomic E-state index is 4.55. The summed E-state index contributed by atoms with van der Waals surface area (Å²) in [6.07, 6.45) is 2.94. The monoisotopic (exact) mass is 335 g/mol. The highest BCUT2D eigenvalue weighted by Gasteiger charge is 2.14. The Balaban J connectivity index is 2.30. The molecule has 0 bridgehead atoms.